The van der Waals surface area contributed by atoms with Gasteiger partial charge >= 0.3 is 0 Å². The van der Waals surface area contributed by atoms with Crippen LogP contribution < -0.4 is 0 Å². The van der Waals surface area contributed by atoms with Crippen LogP contribution in [0, 0.1) is 0 Å². The van der Waals surface area contributed by atoms with Gasteiger partial charge in [0.1, 0.15) is 0 Å². The van der Waals surface area contributed by atoms with E-state index in [1.165, 1.54) is 6.21 Å². The average Bonchev–Trinajstić information content (AvgIpc) is 1.77. The molecule has 8 heavy (non-hydrogen) atoms. The van der Waals surface area contributed by atoms with Crippen molar-refractivity contribution < 1.29 is 4.79 Å². The molecule has 0 unspecified atom stereocenters. The fourth-order valence-corrected chi connectivity index (χ4v) is 0.559. The first-order valence-electron chi connectivity index (χ1n) is 2.55. The van der Waals surface area contributed by atoms with Crippen LogP contribution in [0.15, 0.2) is 4.99 Å². The molecule has 0 aromatic rings. The third kappa shape index (κ3) is 0.857. The summed E-state index contributed by atoms with van der Waals surface area (Å²) in [6.07, 6.45) is 1.36. The van der Waals surface area contributed by atoms with Crippen molar-refractivity contribution in [3.8, 4) is 0 Å². The molecule has 0 saturated carbocycles. The second-order valence-electron chi connectivity index (χ2n) is 1.80. The second kappa shape index (κ2) is 1.94. The SMILES string of the molecule is CN1CCN=CC1=O. The maximum Gasteiger partial charge on any atom is 0.264 e. The number of rotatable bonds is 0. The maximum atomic E-state index is 10.6. The van der Waals surface area contributed by atoms with Gasteiger partial charge in [0, 0.05) is 13.6 Å². The zero-order valence-electron chi connectivity index (χ0n) is 4.79. The number of hydrogen-bond acceptors (Lipinski definition) is 2. The molecule has 0 aromatic heterocycles. The minimum Gasteiger partial charge on any atom is -0.339 e. The fourth-order valence-electron chi connectivity index (χ4n) is 0.559. The van der Waals surface area contributed by atoms with E-state index in [9.17, 15) is 4.79 Å². The Morgan fingerprint density at radius 2 is 2.62 bits per heavy atom. The standard InChI is InChI=1S/C5H8N2O/c1-7-3-2-6-4-5(7)8/h4H,2-3H2,1H3. The topological polar surface area (TPSA) is 32.7 Å². The molecule has 0 spiro atoms. The first kappa shape index (κ1) is 5.28. The summed E-state index contributed by atoms with van der Waals surface area (Å²) in [6.45, 7) is 1.51. The van der Waals surface area contributed by atoms with Crippen LogP contribution in [0.5, 0.6) is 0 Å². The summed E-state index contributed by atoms with van der Waals surface area (Å²) in [5.41, 5.74) is 0. The van der Waals surface area contributed by atoms with Crippen molar-refractivity contribution in [3.05, 3.63) is 0 Å². The van der Waals surface area contributed by atoms with Gasteiger partial charge in [-0.15, -0.1) is 0 Å². The van der Waals surface area contributed by atoms with Crippen LogP contribution in [0.4, 0.5) is 0 Å². The first-order valence-corrected chi connectivity index (χ1v) is 2.55. The zero-order chi connectivity index (χ0) is 5.98. The molecule has 1 aliphatic heterocycles. The smallest absolute Gasteiger partial charge is 0.264 e. The fraction of sp³-hybridized carbons (Fsp3) is 0.600. The summed E-state index contributed by atoms with van der Waals surface area (Å²) in [7, 11) is 1.77. The maximum absolute atomic E-state index is 10.6. The average molecular weight is 112 g/mol. The van der Waals surface area contributed by atoms with Gasteiger partial charge in [0.15, 0.2) is 0 Å². The monoisotopic (exact) mass is 112 g/mol. The lowest BCUT2D eigenvalue weighted by Crippen LogP contribution is -2.33. The summed E-state index contributed by atoms with van der Waals surface area (Å²) in [5, 5.41) is 0. The lowest BCUT2D eigenvalue weighted by molar-refractivity contribution is -0.122. The minimum absolute atomic E-state index is 0.0104. The molecule has 0 bridgehead atoms. The van der Waals surface area contributed by atoms with Crippen molar-refractivity contribution in [1.29, 1.82) is 0 Å². The Morgan fingerprint density at radius 3 is 3.00 bits per heavy atom. The Labute approximate surface area is 48.0 Å². The molecular formula is C5H8N2O. The molecule has 1 rings (SSSR count). The van der Waals surface area contributed by atoms with Crippen LogP contribution in [0.2, 0.25) is 0 Å². The van der Waals surface area contributed by atoms with E-state index in [1.54, 1.807) is 11.9 Å². The van der Waals surface area contributed by atoms with Crippen molar-refractivity contribution in [2.75, 3.05) is 20.1 Å². The summed E-state index contributed by atoms with van der Waals surface area (Å²) in [5.74, 6) is 0.0104. The Hall–Kier alpha value is -0.860. The van der Waals surface area contributed by atoms with Crippen molar-refractivity contribution in [2.45, 2.75) is 0 Å². The van der Waals surface area contributed by atoms with Crippen LogP contribution in [0.25, 0.3) is 0 Å². The van der Waals surface area contributed by atoms with E-state index >= 15 is 0 Å². The molecule has 0 fully saturated rings. The van der Waals surface area contributed by atoms with Crippen molar-refractivity contribution in [1.82, 2.24) is 4.90 Å². The van der Waals surface area contributed by atoms with E-state index in [4.69, 9.17) is 0 Å². The second-order valence-corrected chi connectivity index (χ2v) is 1.80. The molecule has 0 aromatic carbocycles. The van der Waals surface area contributed by atoms with Gasteiger partial charge in [0.05, 0.1) is 12.8 Å². The van der Waals surface area contributed by atoms with Crippen LogP contribution >= 0.6 is 0 Å². The highest BCUT2D eigenvalue weighted by Gasteiger charge is 2.07. The molecule has 0 atom stereocenters. The Balaban J connectivity index is 2.60. The van der Waals surface area contributed by atoms with Crippen LogP contribution in [0.3, 0.4) is 0 Å². The lowest BCUT2D eigenvalue weighted by atomic mass is 10.4. The number of nitrogens with zero attached hydrogens (tertiary/aromatic N) is 2. The van der Waals surface area contributed by atoms with E-state index in [2.05, 4.69) is 4.99 Å². The third-order valence-electron chi connectivity index (χ3n) is 1.14. The number of carbonyl (C=O) groups is 1. The Kier molecular flexibility index (Phi) is 1.28. The normalized spacial score (nSPS) is 19.6. The molecule has 0 saturated heterocycles. The third-order valence-corrected chi connectivity index (χ3v) is 1.14. The molecule has 1 amide bonds. The van der Waals surface area contributed by atoms with Gasteiger partial charge < -0.3 is 4.90 Å². The largest absolute Gasteiger partial charge is 0.339 e. The highest BCUT2D eigenvalue weighted by atomic mass is 16.2. The molecule has 0 aliphatic carbocycles. The number of carbonyl (C=O) groups excluding carboxylic acids is 1. The molecular weight excluding hydrogens is 104 g/mol. The Bertz CT molecular complexity index is 130. The van der Waals surface area contributed by atoms with Crippen LogP contribution in [0.1, 0.15) is 0 Å². The van der Waals surface area contributed by atoms with Crippen LogP contribution in [-0.4, -0.2) is 37.2 Å². The van der Waals surface area contributed by atoms with E-state index in [0.717, 1.165) is 13.1 Å². The van der Waals surface area contributed by atoms with E-state index in [0.29, 0.717) is 0 Å². The predicted octanol–water partition coefficient (Wildman–Crippen LogP) is -0.471. The molecule has 44 valence electrons. The van der Waals surface area contributed by atoms with Gasteiger partial charge in [0.25, 0.3) is 5.91 Å². The molecule has 1 heterocycles. The van der Waals surface area contributed by atoms with Gasteiger partial charge in [-0.2, -0.15) is 0 Å². The molecule has 1 aliphatic rings. The van der Waals surface area contributed by atoms with E-state index in [1.807, 2.05) is 0 Å². The lowest BCUT2D eigenvalue weighted by Gasteiger charge is -2.15. The zero-order valence-corrected chi connectivity index (χ0v) is 4.79. The van der Waals surface area contributed by atoms with Crippen molar-refractivity contribution >= 4 is 12.1 Å². The van der Waals surface area contributed by atoms with Gasteiger partial charge in [-0.1, -0.05) is 0 Å². The van der Waals surface area contributed by atoms with E-state index in [-0.39, 0.29) is 5.91 Å². The summed E-state index contributed by atoms with van der Waals surface area (Å²) in [4.78, 5) is 16.0. The quantitative estimate of drug-likeness (QED) is 0.417. The van der Waals surface area contributed by atoms with Gasteiger partial charge in [0.2, 0.25) is 0 Å². The van der Waals surface area contributed by atoms with Crippen molar-refractivity contribution in [2.24, 2.45) is 4.99 Å². The van der Waals surface area contributed by atoms with E-state index < -0.39 is 0 Å². The Morgan fingerprint density at radius 1 is 1.88 bits per heavy atom. The summed E-state index contributed by atoms with van der Waals surface area (Å²) < 4.78 is 0. The summed E-state index contributed by atoms with van der Waals surface area (Å²) in [6, 6.07) is 0. The number of aliphatic imine (C=N–C) groups is 1. The summed E-state index contributed by atoms with van der Waals surface area (Å²) >= 11 is 0. The van der Waals surface area contributed by atoms with Gasteiger partial charge in [-0.3, -0.25) is 9.79 Å². The predicted molar refractivity (Wildman–Crippen MR) is 31.0 cm³/mol. The number of likely N-dealkylation sites (N-methyl/N-ethyl adjacent to an activating group) is 1. The minimum atomic E-state index is 0.0104. The van der Waals surface area contributed by atoms with Gasteiger partial charge in [-0.25, -0.2) is 0 Å². The number of hydrogen-bond donors (Lipinski definition) is 0. The highest BCUT2D eigenvalue weighted by molar-refractivity contribution is 6.26. The van der Waals surface area contributed by atoms with Gasteiger partial charge in [-0.05, 0) is 0 Å². The van der Waals surface area contributed by atoms with Crippen molar-refractivity contribution in [3.63, 3.8) is 0 Å². The first-order chi connectivity index (χ1) is 3.80. The molecule has 0 N–H and O–H groups in total. The molecule has 3 heteroatoms. The number of amides is 1. The highest BCUT2D eigenvalue weighted by Crippen LogP contribution is 1.87. The molecule has 3 nitrogen and oxygen atoms in total. The molecule has 0 radical (unpaired) electrons. The van der Waals surface area contributed by atoms with Crippen LogP contribution in [-0.2, 0) is 4.79 Å².